The molecule has 0 amide bonds. The molecule has 1 aromatic carbocycles. The number of ether oxygens (including phenoxy) is 1. The van der Waals surface area contributed by atoms with Crippen molar-refractivity contribution >= 4 is 21.4 Å². The number of rotatable bonds is 7. The highest BCUT2D eigenvalue weighted by atomic mass is 32.2. The Kier molecular flexibility index (Phi) is 5.84. The molecule has 0 spiro atoms. The average Bonchev–Trinajstić information content (AvgIpc) is 2.49. The Morgan fingerprint density at radius 1 is 1.14 bits per heavy atom. The molecule has 6 nitrogen and oxygen atoms in total. The Hall–Kier alpha value is -1.31. The van der Waals surface area contributed by atoms with Crippen molar-refractivity contribution in [3.63, 3.8) is 0 Å². The minimum Gasteiger partial charge on any atom is -0.378 e. The number of nitrogens with zero attached hydrogens (tertiary/aromatic N) is 1. The summed E-state index contributed by atoms with van der Waals surface area (Å²) < 4.78 is 31.7. The summed E-state index contributed by atoms with van der Waals surface area (Å²) in [5.41, 5.74) is 7.05. The molecule has 7 heteroatoms. The van der Waals surface area contributed by atoms with Crippen LogP contribution in [0.15, 0.2) is 24.3 Å². The number of anilines is 2. The normalized spacial score (nSPS) is 16.0. The topological polar surface area (TPSA) is 84.7 Å². The molecular weight excluding hydrogens is 290 g/mol. The van der Waals surface area contributed by atoms with E-state index in [4.69, 9.17) is 10.5 Å². The number of nitrogens with two attached hydrogens (primary N) is 1. The number of hydrogen-bond donors (Lipinski definition) is 2. The molecular formula is C14H23N3O3S. The predicted octanol–water partition coefficient (Wildman–Crippen LogP) is 1.00. The summed E-state index contributed by atoms with van der Waals surface area (Å²) in [6.07, 6.45) is 1.30. The second kappa shape index (κ2) is 7.63. The molecule has 1 aromatic rings. The molecule has 0 unspecified atom stereocenters. The molecule has 0 bridgehead atoms. The van der Waals surface area contributed by atoms with Gasteiger partial charge in [0.05, 0.1) is 19.0 Å². The molecule has 0 atom stereocenters. The summed E-state index contributed by atoms with van der Waals surface area (Å²) in [4.78, 5) is 2.23. The summed E-state index contributed by atoms with van der Waals surface area (Å²) in [5, 5.41) is 0. The molecule has 21 heavy (non-hydrogen) atoms. The van der Waals surface area contributed by atoms with Gasteiger partial charge in [0.2, 0.25) is 10.0 Å². The zero-order valence-corrected chi connectivity index (χ0v) is 12.9. The number of morpholine rings is 1. The van der Waals surface area contributed by atoms with Gasteiger partial charge in [0.15, 0.2) is 0 Å². The van der Waals surface area contributed by atoms with Gasteiger partial charge in [0.1, 0.15) is 0 Å². The van der Waals surface area contributed by atoms with Gasteiger partial charge in [-0.3, -0.25) is 4.72 Å². The highest BCUT2D eigenvalue weighted by Crippen LogP contribution is 2.19. The molecule has 2 rings (SSSR count). The average molecular weight is 313 g/mol. The summed E-state index contributed by atoms with van der Waals surface area (Å²) in [5.74, 6) is 0.107. The van der Waals surface area contributed by atoms with Crippen molar-refractivity contribution in [3.05, 3.63) is 24.3 Å². The third kappa shape index (κ3) is 5.18. The fourth-order valence-electron chi connectivity index (χ4n) is 2.23. The standard InChI is InChI=1S/C14H23N3O3S/c15-7-1-2-12-21(18,19)16-13-3-5-14(6-4-13)17-8-10-20-11-9-17/h3-6,16H,1-2,7-12,15H2. The molecule has 3 N–H and O–H groups in total. The SMILES string of the molecule is NCCCCS(=O)(=O)Nc1ccc(N2CCOCC2)cc1. The Labute approximate surface area is 126 Å². The molecule has 0 aromatic heterocycles. The zero-order chi connectivity index (χ0) is 15.1. The van der Waals surface area contributed by atoms with Gasteiger partial charge in [-0.2, -0.15) is 0 Å². The van der Waals surface area contributed by atoms with Crippen LogP contribution in [0.4, 0.5) is 11.4 Å². The van der Waals surface area contributed by atoms with Crippen molar-refractivity contribution in [3.8, 4) is 0 Å². The molecule has 0 saturated carbocycles. The Morgan fingerprint density at radius 2 is 1.81 bits per heavy atom. The molecule has 0 aliphatic carbocycles. The summed E-state index contributed by atoms with van der Waals surface area (Å²) in [7, 11) is -3.28. The third-order valence-corrected chi connectivity index (χ3v) is 4.76. The third-order valence-electron chi connectivity index (χ3n) is 3.38. The maximum absolute atomic E-state index is 11.9. The predicted molar refractivity (Wildman–Crippen MR) is 85.2 cm³/mol. The van der Waals surface area contributed by atoms with Crippen LogP contribution in [0.2, 0.25) is 0 Å². The van der Waals surface area contributed by atoms with E-state index in [1.807, 2.05) is 12.1 Å². The molecule has 1 saturated heterocycles. The monoisotopic (exact) mass is 313 g/mol. The fourth-order valence-corrected chi connectivity index (χ4v) is 3.41. The van der Waals surface area contributed by atoms with E-state index in [1.54, 1.807) is 12.1 Å². The molecule has 1 fully saturated rings. The van der Waals surface area contributed by atoms with Gasteiger partial charge in [-0.25, -0.2) is 8.42 Å². The highest BCUT2D eigenvalue weighted by molar-refractivity contribution is 7.92. The summed E-state index contributed by atoms with van der Waals surface area (Å²) >= 11 is 0. The van der Waals surface area contributed by atoms with Crippen molar-refractivity contribution in [1.29, 1.82) is 0 Å². The Morgan fingerprint density at radius 3 is 2.43 bits per heavy atom. The summed E-state index contributed by atoms with van der Waals surface area (Å²) in [6, 6.07) is 7.46. The second-order valence-electron chi connectivity index (χ2n) is 5.06. The van der Waals surface area contributed by atoms with E-state index in [1.165, 1.54) is 0 Å². The quantitative estimate of drug-likeness (QED) is 0.734. The first-order valence-electron chi connectivity index (χ1n) is 7.24. The van der Waals surface area contributed by atoms with E-state index in [2.05, 4.69) is 9.62 Å². The molecule has 1 aliphatic rings. The molecule has 118 valence electrons. The van der Waals surface area contributed by atoms with Crippen molar-refractivity contribution in [2.75, 3.05) is 48.2 Å². The van der Waals surface area contributed by atoms with E-state index < -0.39 is 10.0 Å². The number of benzene rings is 1. The van der Waals surface area contributed by atoms with Gasteiger partial charge in [-0.05, 0) is 43.7 Å². The van der Waals surface area contributed by atoms with Gasteiger partial charge >= 0.3 is 0 Å². The van der Waals surface area contributed by atoms with Crippen LogP contribution in [0.1, 0.15) is 12.8 Å². The van der Waals surface area contributed by atoms with Crippen LogP contribution in [-0.4, -0.2) is 47.0 Å². The van der Waals surface area contributed by atoms with Crippen molar-refractivity contribution in [2.24, 2.45) is 5.73 Å². The first-order chi connectivity index (χ1) is 10.1. The van der Waals surface area contributed by atoms with Crippen molar-refractivity contribution < 1.29 is 13.2 Å². The van der Waals surface area contributed by atoms with Crippen LogP contribution in [0.3, 0.4) is 0 Å². The second-order valence-corrected chi connectivity index (χ2v) is 6.90. The molecule has 1 aliphatic heterocycles. The Balaban J connectivity index is 1.92. The first-order valence-corrected chi connectivity index (χ1v) is 8.89. The van der Waals surface area contributed by atoms with E-state index in [0.29, 0.717) is 18.7 Å². The summed E-state index contributed by atoms with van der Waals surface area (Å²) in [6.45, 7) is 3.71. The van der Waals surface area contributed by atoms with Crippen LogP contribution in [0, 0.1) is 0 Å². The van der Waals surface area contributed by atoms with Gasteiger partial charge in [-0.1, -0.05) is 0 Å². The minimum atomic E-state index is -3.28. The lowest BCUT2D eigenvalue weighted by Gasteiger charge is -2.28. The van der Waals surface area contributed by atoms with Crippen LogP contribution in [0.5, 0.6) is 0 Å². The lowest BCUT2D eigenvalue weighted by Crippen LogP contribution is -2.36. The van der Waals surface area contributed by atoms with E-state index in [0.717, 1.165) is 38.4 Å². The van der Waals surface area contributed by atoms with Crippen LogP contribution < -0.4 is 15.4 Å². The lowest BCUT2D eigenvalue weighted by atomic mass is 10.2. The van der Waals surface area contributed by atoms with Crippen LogP contribution in [0.25, 0.3) is 0 Å². The fraction of sp³-hybridized carbons (Fsp3) is 0.571. The lowest BCUT2D eigenvalue weighted by molar-refractivity contribution is 0.122. The molecule has 0 radical (unpaired) electrons. The largest absolute Gasteiger partial charge is 0.378 e. The van der Waals surface area contributed by atoms with Gasteiger partial charge in [0.25, 0.3) is 0 Å². The maximum atomic E-state index is 11.9. The van der Waals surface area contributed by atoms with Crippen LogP contribution >= 0.6 is 0 Å². The zero-order valence-electron chi connectivity index (χ0n) is 12.1. The highest BCUT2D eigenvalue weighted by Gasteiger charge is 2.12. The van der Waals surface area contributed by atoms with Crippen molar-refractivity contribution in [1.82, 2.24) is 0 Å². The number of unbranched alkanes of at least 4 members (excludes halogenated alkanes) is 1. The molecule has 1 heterocycles. The van der Waals surface area contributed by atoms with E-state index in [9.17, 15) is 8.42 Å². The minimum absolute atomic E-state index is 0.107. The van der Waals surface area contributed by atoms with Crippen molar-refractivity contribution in [2.45, 2.75) is 12.8 Å². The number of nitrogens with one attached hydrogen (secondary N) is 1. The van der Waals surface area contributed by atoms with E-state index in [-0.39, 0.29) is 5.75 Å². The van der Waals surface area contributed by atoms with Crippen LogP contribution in [-0.2, 0) is 14.8 Å². The number of hydrogen-bond acceptors (Lipinski definition) is 5. The first kappa shape index (κ1) is 16.1. The maximum Gasteiger partial charge on any atom is 0.232 e. The Bertz CT molecular complexity index is 525. The van der Waals surface area contributed by atoms with Gasteiger partial charge in [-0.15, -0.1) is 0 Å². The van der Waals surface area contributed by atoms with E-state index >= 15 is 0 Å². The number of sulfonamides is 1. The van der Waals surface area contributed by atoms with Gasteiger partial charge in [0, 0.05) is 24.5 Å². The smallest absolute Gasteiger partial charge is 0.232 e. The van der Waals surface area contributed by atoms with Gasteiger partial charge < -0.3 is 15.4 Å².